The Hall–Kier alpha value is -3.48. The van der Waals surface area contributed by atoms with Crippen molar-refractivity contribution in [2.45, 2.75) is 32.2 Å². The number of ether oxygens (including phenoxy) is 3. The van der Waals surface area contributed by atoms with Crippen molar-refractivity contribution in [1.29, 1.82) is 0 Å². The fraction of sp³-hybridized carbons (Fsp3) is 0.333. The molecule has 0 radical (unpaired) electrons. The molecule has 3 rings (SSSR count). The van der Waals surface area contributed by atoms with E-state index in [0.717, 1.165) is 39.8 Å². The van der Waals surface area contributed by atoms with Crippen molar-refractivity contribution in [2.75, 3.05) is 21.3 Å². The first-order valence-corrected chi connectivity index (χ1v) is 10.2. The van der Waals surface area contributed by atoms with Gasteiger partial charge in [0.1, 0.15) is 17.1 Å². The number of aromatic nitrogens is 1. The number of fused-ring (bicyclic) bond motifs is 1. The number of H-pyrrole nitrogens is 1. The van der Waals surface area contributed by atoms with Crippen molar-refractivity contribution in [2.24, 2.45) is 0 Å². The van der Waals surface area contributed by atoms with Crippen molar-refractivity contribution in [3.05, 3.63) is 58.8 Å². The van der Waals surface area contributed by atoms with E-state index >= 15 is 0 Å². The molecule has 2 aromatic carbocycles. The zero-order chi connectivity index (χ0) is 22.4. The lowest BCUT2D eigenvalue weighted by atomic mass is 9.92. The molecule has 2 N–H and O–H groups in total. The number of nitrogens with one attached hydrogen (secondary N) is 2. The van der Waals surface area contributed by atoms with Gasteiger partial charge in [-0.3, -0.25) is 4.79 Å². The number of carbonyl (C=O) groups is 2. The summed E-state index contributed by atoms with van der Waals surface area (Å²) in [6, 6.07) is 9.30. The number of hydrogen-bond acceptors (Lipinski definition) is 5. The standard InChI is InChI=1S/C24H28N2O5/c1-5-15-10-20(24(28)31-4)23(30-3)12-19(15)22(26-14-27)8-6-16-13-25-21-9-7-17(29-2)11-18(16)21/h7,9-14,22,25H,5-6,8H2,1-4H3,(H,26,27). The summed E-state index contributed by atoms with van der Waals surface area (Å²) < 4.78 is 15.7. The number of carbonyl (C=O) groups excluding carboxylic acids is 2. The van der Waals surface area contributed by atoms with Gasteiger partial charge >= 0.3 is 5.97 Å². The largest absolute Gasteiger partial charge is 0.497 e. The summed E-state index contributed by atoms with van der Waals surface area (Å²) >= 11 is 0. The van der Waals surface area contributed by atoms with Gasteiger partial charge in [0.25, 0.3) is 0 Å². The predicted molar refractivity (Wildman–Crippen MR) is 119 cm³/mol. The van der Waals surface area contributed by atoms with Crippen LogP contribution in [0.2, 0.25) is 0 Å². The Morgan fingerprint density at radius 2 is 1.94 bits per heavy atom. The molecule has 1 unspecified atom stereocenters. The Labute approximate surface area is 181 Å². The number of aryl methyl sites for hydroxylation is 2. The van der Waals surface area contributed by atoms with E-state index in [2.05, 4.69) is 10.3 Å². The molecule has 3 aromatic rings. The smallest absolute Gasteiger partial charge is 0.341 e. The average Bonchev–Trinajstić information content (AvgIpc) is 3.22. The number of rotatable bonds is 10. The van der Waals surface area contributed by atoms with Crippen LogP contribution in [0.15, 0.2) is 36.5 Å². The molecule has 1 heterocycles. The summed E-state index contributed by atoms with van der Waals surface area (Å²) in [6.07, 6.45) is 4.82. The fourth-order valence-electron chi connectivity index (χ4n) is 3.91. The summed E-state index contributed by atoms with van der Waals surface area (Å²) in [6.45, 7) is 2.01. The molecule has 31 heavy (non-hydrogen) atoms. The zero-order valence-electron chi connectivity index (χ0n) is 18.3. The first-order chi connectivity index (χ1) is 15.1. The highest BCUT2D eigenvalue weighted by molar-refractivity contribution is 5.93. The normalized spacial score (nSPS) is 11.7. The molecule has 0 aliphatic carbocycles. The lowest BCUT2D eigenvalue weighted by Gasteiger charge is -2.22. The number of esters is 1. The van der Waals surface area contributed by atoms with Crippen LogP contribution in [0.1, 0.15) is 46.4 Å². The highest BCUT2D eigenvalue weighted by Crippen LogP contribution is 2.32. The minimum Gasteiger partial charge on any atom is -0.497 e. The second-order valence-electron chi connectivity index (χ2n) is 7.20. The predicted octanol–water partition coefficient (Wildman–Crippen LogP) is 3.95. The van der Waals surface area contributed by atoms with E-state index in [1.165, 1.54) is 14.2 Å². The minimum atomic E-state index is -0.453. The fourth-order valence-corrected chi connectivity index (χ4v) is 3.91. The highest BCUT2D eigenvalue weighted by Gasteiger charge is 2.21. The molecule has 0 bridgehead atoms. The zero-order valence-corrected chi connectivity index (χ0v) is 18.3. The maximum Gasteiger partial charge on any atom is 0.341 e. The summed E-state index contributed by atoms with van der Waals surface area (Å²) in [5.41, 5.74) is 4.44. The number of amides is 1. The number of hydrogen-bond donors (Lipinski definition) is 2. The SMILES string of the molecule is CCc1cc(C(=O)OC)c(OC)cc1C(CCc1c[nH]c2ccc(OC)cc12)NC=O. The van der Waals surface area contributed by atoms with Gasteiger partial charge in [0.15, 0.2) is 0 Å². The second kappa shape index (κ2) is 10.0. The number of methoxy groups -OCH3 is 3. The van der Waals surface area contributed by atoms with Gasteiger partial charge in [0.2, 0.25) is 6.41 Å². The Morgan fingerprint density at radius 1 is 1.13 bits per heavy atom. The molecule has 1 atom stereocenters. The van der Waals surface area contributed by atoms with Crippen molar-refractivity contribution in [1.82, 2.24) is 10.3 Å². The van der Waals surface area contributed by atoms with Crippen LogP contribution in [0.5, 0.6) is 11.5 Å². The Morgan fingerprint density at radius 3 is 2.58 bits per heavy atom. The van der Waals surface area contributed by atoms with Crippen molar-refractivity contribution in [3.63, 3.8) is 0 Å². The lowest BCUT2D eigenvalue weighted by Crippen LogP contribution is -2.22. The van der Waals surface area contributed by atoms with Crippen LogP contribution in [0.4, 0.5) is 0 Å². The van der Waals surface area contributed by atoms with E-state index in [9.17, 15) is 9.59 Å². The molecule has 0 aliphatic heterocycles. The monoisotopic (exact) mass is 424 g/mol. The van der Waals surface area contributed by atoms with E-state index < -0.39 is 5.97 Å². The van der Waals surface area contributed by atoms with Gasteiger partial charge in [0.05, 0.1) is 27.4 Å². The third kappa shape index (κ3) is 4.66. The Bertz CT molecular complexity index is 1070. The summed E-state index contributed by atoms with van der Waals surface area (Å²) in [7, 11) is 4.50. The van der Waals surface area contributed by atoms with E-state index in [-0.39, 0.29) is 6.04 Å². The van der Waals surface area contributed by atoms with Crippen LogP contribution >= 0.6 is 0 Å². The lowest BCUT2D eigenvalue weighted by molar-refractivity contribution is -0.110. The maximum absolute atomic E-state index is 12.1. The second-order valence-corrected chi connectivity index (χ2v) is 7.20. The van der Waals surface area contributed by atoms with Gasteiger partial charge < -0.3 is 24.5 Å². The van der Waals surface area contributed by atoms with Crippen LogP contribution in [0.25, 0.3) is 10.9 Å². The summed E-state index contributed by atoms with van der Waals surface area (Å²) in [4.78, 5) is 26.8. The van der Waals surface area contributed by atoms with E-state index in [1.54, 1.807) is 13.2 Å². The summed E-state index contributed by atoms with van der Waals surface area (Å²) in [5, 5.41) is 4.03. The van der Waals surface area contributed by atoms with Crippen LogP contribution in [-0.2, 0) is 22.4 Å². The summed E-state index contributed by atoms with van der Waals surface area (Å²) in [5.74, 6) is 0.770. The van der Waals surface area contributed by atoms with Crippen LogP contribution in [0, 0.1) is 0 Å². The number of aromatic amines is 1. The van der Waals surface area contributed by atoms with E-state index in [1.807, 2.05) is 37.4 Å². The van der Waals surface area contributed by atoms with E-state index in [0.29, 0.717) is 30.6 Å². The van der Waals surface area contributed by atoms with Gasteiger partial charge in [-0.15, -0.1) is 0 Å². The van der Waals surface area contributed by atoms with Crippen molar-refractivity contribution < 1.29 is 23.8 Å². The molecular formula is C24H28N2O5. The topological polar surface area (TPSA) is 89.7 Å². The molecule has 1 aromatic heterocycles. The maximum atomic E-state index is 12.1. The molecular weight excluding hydrogens is 396 g/mol. The average molecular weight is 424 g/mol. The van der Waals surface area contributed by atoms with Crippen molar-refractivity contribution >= 4 is 23.3 Å². The molecule has 7 heteroatoms. The molecule has 0 saturated carbocycles. The van der Waals surface area contributed by atoms with Crippen molar-refractivity contribution in [3.8, 4) is 11.5 Å². The highest BCUT2D eigenvalue weighted by atomic mass is 16.5. The van der Waals surface area contributed by atoms with Crippen LogP contribution < -0.4 is 14.8 Å². The molecule has 164 valence electrons. The van der Waals surface area contributed by atoms with Crippen LogP contribution in [-0.4, -0.2) is 38.7 Å². The molecule has 0 spiro atoms. The number of benzene rings is 2. The Kier molecular flexibility index (Phi) is 7.18. The van der Waals surface area contributed by atoms with Crippen LogP contribution in [0.3, 0.4) is 0 Å². The van der Waals surface area contributed by atoms with Gasteiger partial charge in [-0.05, 0) is 66.3 Å². The molecule has 7 nitrogen and oxygen atoms in total. The molecule has 0 saturated heterocycles. The third-order valence-corrected chi connectivity index (χ3v) is 5.57. The molecule has 0 aliphatic rings. The van der Waals surface area contributed by atoms with Gasteiger partial charge in [-0.25, -0.2) is 4.79 Å². The molecule has 0 fully saturated rings. The van der Waals surface area contributed by atoms with E-state index in [4.69, 9.17) is 14.2 Å². The Balaban J connectivity index is 1.93. The van der Waals surface area contributed by atoms with Gasteiger partial charge in [-0.1, -0.05) is 6.92 Å². The third-order valence-electron chi connectivity index (χ3n) is 5.57. The molecule has 1 amide bonds. The first kappa shape index (κ1) is 22.2. The van der Waals surface area contributed by atoms with Gasteiger partial charge in [-0.2, -0.15) is 0 Å². The quantitative estimate of drug-likeness (QED) is 0.380. The van der Waals surface area contributed by atoms with Gasteiger partial charge in [0, 0.05) is 17.1 Å². The first-order valence-electron chi connectivity index (χ1n) is 10.2. The minimum absolute atomic E-state index is 0.233.